The van der Waals surface area contributed by atoms with Crippen molar-refractivity contribution in [3.63, 3.8) is 0 Å². The Morgan fingerprint density at radius 2 is 2.31 bits per heavy atom. The maximum absolute atomic E-state index is 11.1. The van der Waals surface area contributed by atoms with E-state index in [1.165, 1.54) is 7.11 Å². The molecular formula is C10H15NO2. The van der Waals surface area contributed by atoms with Gasteiger partial charge in [-0.05, 0) is 25.0 Å². The summed E-state index contributed by atoms with van der Waals surface area (Å²) < 4.78 is 4.61. The first-order valence-corrected chi connectivity index (χ1v) is 4.45. The minimum atomic E-state index is -0.301. The van der Waals surface area contributed by atoms with Crippen molar-refractivity contribution in [1.82, 2.24) is 4.98 Å². The number of H-pyrrole nitrogens is 1. The largest absolute Gasteiger partial charge is 0.464 e. The molecule has 1 heterocycles. The summed E-state index contributed by atoms with van der Waals surface area (Å²) >= 11 is 0. The fraction of sp³-hybridized carbons (Fsp3) is 0.500. The lowest BCUT2D eigenvalue weighted by atomic mass is 10.2. The minimum Gasteiger partial charge on any atom is -0.464 e. The zero-order chi connectivity index (χ0) is 9.84. The van der Waals surface area contributed by atoms with Crippen LogP contribution in [0.5, 0.6) is 0 Å². The van der Waals surface area contributed by atoms with Gasteiger partial charge in [0.25, 0.3) is 0 Å². The van der Waals surface area contributed by atoms with E-state index in [4.69, 9.17) is 0 Å². The van der Waals surface area contributed by atoms with E-state index in [0.717, 1.165) is 24.1 Å². The molecule has 0 saturated carbocycles. The van der Waals surface area contributed by atoms with E-state index in [0.29, 0.717) is 5.69 Å². The quantitative estimate of drug-likeness (QED) is 0.725. The zero-order valence-corrected chi connectivity index (χ0v) is 8.31. The van der Waals surface area contributed by atoms with E-state index in [1.54, 1.807) is 0 Å². The first kappa shape index (κ1) is 9.84. The monoisotopic (exact) mass is 181 g/mol. The number of aromatic amines is 1. The van der Waals surface area contributed by atoms with Crippen LogP contribution in [0.15, 0.2) is 6.07 Å². The molecule has 0 fully saturated rings. The number of nitrogens with one attached hydrogen (secondary N) is 1. The summed E-state index contributed by atoms with van der Waals surface area (Å²) in [5, 5.41) is 0. The predicted octanol–water partition coefficient (Wildman–Crippen LogP) is 2.06. The molecule has 0 unspecified atom stereocenters. The molecule has 0 aliphatic carbocycles. The van der Waals surface area contributed by atoms with Crippen LogP contribution in [0.25, 0.3) is 0 Å². The average molecular weight is 181 g/mol. The van der Waals surface area contributed by atoms with Gasteiger partial charge in [-0.15, -0.1) is 0 Å². The first-order valence-electron chi connectivity index (χ1n) is 4.45. The summed E-state index contributed by atoms with van der Waals surface area (Å²) in [7, 11) is 1.39. The van der Waals surface area contributed by atoms with Crippen LogP contribution in [-0.4, -0.2) is 18.1 Å². The van der Waals surface area contributed by atoms with Crippen LogP contribution in [0.3, 0.4) is 0 Å². The van der Waals surface area contributed by atoms with Gasteiger partial charge in [-0.2, -0.15) is 0 Å². The van der Waals surface area contributed by atoms with Crippen LogP contribution in [0, 0.1) is 6.92 Å². The molecule has 0 saturated heterocycles. The van der Waals surface area contributed by atoms with Gasteiger partial charge in [0.2, 0.25) is 0 Å². The summed E-state index contributed by atoms with van der Waals surface area (Å²) in [4.78, 5) is 14.2. The van der Waals surface area contributed by atoms with E-state index in [2.05, 4.69) is 16.6 Å². The van der Waals surface area contributed by atoms with Gasteiger partial charge in [0, 0.05) is 5.69 Å². The van der Waals surface area contributed by atoms with Crippen molar-refractivity contribution < 1.29 is 9.53 Å². The van der Waals surface area contributed by atoms with Gasteiger partial charge in [0.15, 0.2) is 0 Å². The third-order valence-electron chi connectivity index (χ3n) is 2.03. The Labute approximate surface area is 78.1 Å². The second kappa shape index (κ2) is 4.12. The second-order valence-electron chi connectivity index (χ2n) is 3.09. The van der Waals surface area contributed by atoms with Gasteiger partial charge >= 0.3 is 5.97 Å². The van der Waals surface area contributed by atoms with Crippen molar-refractivity contribution in [2.45, 2.75) is 26.7 Å². The lowest BCUT2D eigenvalue weighted by Gasteiger charge is -1.95. The topological polar surface area (TPSA) is 42.1 Å². The predicted molar refractivity (Wildman–Crippen MR) is 50.9 cm³/mol. The van der Waals surface area contributed by atoms with E-state index in [-0.39, 0.29) is 5.97 Å². The molecule has 0 amide bonds. The zero-order valence-electron chi connectivity index (χ0n) is 8.31. The van der Waals surface area contributed by atoms with Crippen molar-refractivity contribution in [2.75, 3.05) is 7.11 Å². The number of hydrogen-bond donors (Lipinski definition) is 1. The summed E-state index contributed by atoms with van der Waals surface area (Å²) in [6.07, 6.45) is 2.05. The number of carbonyl (C=O) groups excluding carboxylic acids is 1. The van der Waals surface area contributed by atoms with E-state index < -0.39 is 0 Å². The molecule has 3 heteroatoms. The van der Waals surface area contributed by atoms with Crippen LogP contribution >= 0.6 is 0 Å². The third-order valence-corrected chi connectivity index (χ3v) is 2.03. The Bertz CT molecular complexity index is 302. The number of aromatic nitrogens is 1. The van der Waals surface area contributed by atoms with Crippen molar-refractivity contribution in [3.8, 4) is 0 Å². The minimum absolute atomic E-state index is 0.301. The highest BCUT2D eigenvalue weighted by molar-refractivity contribution is 5.87. The summed E-state index contributed by atoms with van der Waals surface area (Å²) in [5.41, 5.74) is 2.80. The first-order chi connectivity index (χ1) is 6.19. The number of hydrogen-bond acceptors (Lipinski definition) is 2. The molecule has 0 aliphatic rings. The number of rotatable bonds is 3. The molecular weight excluding hydrogens is 166 g/mol. The summed E-state index contributed by atoms with van der Waals surface area (Å²) in [6.45, 7) is 4.10. The smallest absolute Gasteiger partial charge is 0.354 e. The number of ether oxygens (including phenoxy) is 1. The van der Waals surface area contributed by atoms with Crippen molar-refractivity contribution in [1.29, 1.82) is 0 Å². The van der Waals surface area contributed by atoms with E-state index in [9.17, 15) is 4.79 Å². The molecule has 0 aliphatic heterocycles. The molecule has 72 valence electrons. The molecule has 1 aromatic rings. The van der Waals surface area contributed by atoms with Gasteiger partial charge in [-0.1, -0.05) is 13.3 Å². The van der Waals surface area contributed by atoms with Crippen molar-refractivity contribution in [3.05, 3.63) is 23.0 Å². The maximum atomic E-state index is 11.1. The van der Waals surface area contributed by atoms with Gasteiger partial charge in [0.1, 0.15) is 5.69 Å². The SMILES string of the molecule is CCCc1[nH]c(C(=O)OC)cc1C. The molecule has 0 atom stereocenters. The van der Waals surface area contributed by atoms with Crippen molar-refractivity contribution >= 4 is 5.97 Å². The molecule has 1 N–H and O–H groups in total. The molecule has 1 rings (SSSR count). The second-order valence-corrected chi connectivity index (χ2v) is 3.09. The van der Waals surface area contributed by atoms with Crippen LogP contribution in [0.4, 0.5) is 0 Å². The molecule has 13 heavy (non-hydrogen) atoms. The van der Waals surface area contributed by atoms with E-state index in [1.807, 2.05) is 13.0 Å². The number of carbonyl (C=O) groups is 1. The maximum Gasteiger partial charge on any atom is 0.354 e. The van der Waals surface area contributed by atoms with Gasteiger partial charge in [0.05, 0.1) is 7.11 Å². The highest BCUT2D eigenvalue weighted by Gasteiger charge is 2.10. The highest BCUT2D eigenvalue weighted by Crippen LogP contribution is 2.12. The Hall–Kier alpha value is -1.25. The molecule has 0 radical (unpaired) electrons. The lowest BCUT2D eigenvalue weighted by Crippen LogP contribution is -2.01. The van der Waals surface area contributed by atoms with E-state index >= 15 is 0 Å². The highest BCUT2D eigenvalue weighted by atomic mass is 16.5. The molecule has 0 bridgehead atoms. The van der Waals surface area contributed by atoms with Gasteiger partial charge in [-0.25, -0.2) is 4.79 Å². The van der Waals surface area contributed by atoms with Crippen molar-refractivity contribution in [2.24, 2.45) is 0 Å². The number of aryl methyl sites for hydroxylation is 2. The Morgan fingerprint density at radius 1 is 1.62 bits per heavy atom. The van der Waals surface area contributed by atoms with Gasteiger partial charge < -0.3 is 9.72 Å². The fourth-order valence-corrected chi connectivity index (χ4v) is 1.33. The Balaban J connectivity index is 2.88. The molecule has 0 aromatic carbocycles. The normalized spacial score (nSPS) is 10.1. The van der Waals surface area contributed by atoms with Gasteiger partial charge in [-0.3, -0.25) is 0 Å². The average Bonchev–Trinajstić information content (AvgIpc) is 2.47. The fourth-order valence-electron chi connectivity index (χ4n) is 1.33. The summed E-state index contributed by atoms with van der Waals surface area (Å²) in [5.74, 6) is -0.301. The van der Waals surface area contributed by atoms with Crippen LogP contribution in [0.1, 0.15) is 35.1 Å². The molecule has 0 spiro atoms. The van der Waals surface area contributed by atoms with Crippen LogP contribution in [0.2, 0.25) is 0 Å². The number of methoxy groups -OCH3 is 1. The summed E-state index contributed by atoms with van der Waals surface area (Å²) in [6, 6.07) is 1.83. The van der Waals surface area contributed by atoms with Crippen LogP contribution < -0.4 is 0 Å². The molecule has 1 aromatic heterocycles. The third kappa shape index (κ3) is 2.11. The standard InChI is InChI=1S/C10H15NO2/c1-4-5-8-7(2)6-9(11-8)10(12)13-3/h6,11H,4-5H2,1-3H3. The Morgan fingerprint density at radius 3 is 2.85 bits per heavy atom. The number of esters is 1. The van der Waals surface area contributed by atoms with Crippen LogP contribution in [-0.2, 0) is 11.2 Å². The molecule has 3 nitrogen and oxygen atoms in total. The Kier molecular flexibility index (Phi) is 3.12. The lowest BCUT2D eigenvalue weighted by molar-refractivity contribution is 0.0594.